The monoisotopic (exact) mass is 606 g/mol. The van der Waals surface area contributed by atoms with Crippen LogP contribution in [0.4, 0.5) is 15.0 Å². The van der Waals surface area contributed by atoms with E-state index in [2.05, 4.69) is 30.6 Å². The van der Waals surface area contributed by atoms with Crippen molar-refractivity contribution in [3.8, 4) is 0 Å². The second-order valence-electron chi connectivity index (χ2n) is 10.6. The van der Waals surface area contributed by atoms with E-state index >= 15 is 0 Å². The number of fused-ring (bicyclic) bond motifs is 2. The second kappa shape index (κ2) is 12.8. The fourth-order valence-electron chi connectivity index (χ4n) is 4.32. The Morgan fingerprint density at radius 3 is 2.65 bits per heavy atom. The molecule has 4 heterocycles. The smallest absolute Gasteiger partial charge is 0.420 e. The Balaban J connectivity index is 1.23. The summed E-state index contributed by atoms with van der Waals surface area (Å²) in [7, 11) is 1.31. The summed E-state index contributed by atoms with van der Waals surface area (Å²) in [4.78, 5) is 47.8. The summed E-state index contributed by atoms with van der Waals surface area (Å²) >= 11 is 1.46. The number of carbonyl (C=O) groups excluding carboxylic acids is 2. The van der Waals surface area contributed by atoms with Gasteiger partial charge in [-0.3, -0.25) is 4.98 Å². The van der Waals surface area contributed by atoms with Crippen LogP contribution in [-0.2, 0) is 28.9 Å². The predicted molar refractivity (Wildman–Crippen MR) is 160 cm³/mol. The first-order chi connectivity index (χ1) is 20.6. The van der Waals surface area contributed by atoms with Crippen molar-refractivity contribution in [1.29, 1.82) is 0 Å². The zero-order valence-electron chi connectivity index (χ0n) is 24.2. The number of benzene rings is 1. The van der Waals surface area contributed by atoms with E-state index in [0.717, 1.165) is 9.84 Å². The van der Waals surface area contributed by atoms with Gasteiger partial charge in [-0.05, 0) is 51.1 Å². The zero-order valence-corrected chi connectivity index (χ0v) is 25.0. The van der Waals surface area contributed by atoms with Crippen LogP contribution < -0.4 is 10.6 Å². The number of rotatable bonds is 10. The normalized spacial score (nSPS) is 11.7. The molecule has 2 N–H and O–H groups in total. The molecule has 0 saturated carbocycles. The molecule has 5 aromatic rings. The van der Waals surface area contributed by atoms with E-state index in [1.165, 1.54) is 41.6 Å². The quantitative estimate of drug-likeness (QED) is 0.171. The topological polar surface area (TPSA) is 146 Å². The van der Waals surface area contributed by atoms with E-state index in [1.54, 1.807) is 45.0 Å². The number of pyridine rings is 1. The first kappa shape index (κ1) is 29.9. The highest BCUT2D eigenvalue weighted by Crippen LogP contribution is 2.25. The van der Waals surface area contributed by atoms with Gasteiger partial charge < -0.3 is 20.1 Å². The average molecular weight is 607 g/mol. The molecule has 43 heavy (non-hydrogen) atoms. The van der Waals surface area contributed by atoms with Crippen LogP contribution >= 0.6 is 11.3 Å². The van der Waals surface area contributed by atoms with E-state index in [9.17, 15) is 14.0 Å². The maximum atomic E-state index is 14.0. The molecule has 0 radical (unpaired) electrons. The van der Waals surface area contributed by atoms with E-state index in [-0.39, 0.29) is 12.2 Å². The molecule has 0 aliphatic carbocycles. The van der Waals surface area contributed by atoms with Gasteiger partial charge in [0.25, 0.3) is 0 Å². The molecule has 0 aliphatic heterocycles. The standard InChI is InChI=1S/C29H31FN8O4S/c1-29(2,3)42-28(40)38-21-8-7-17(27(39)41-4)14-19(21)36-22(38)9-12-31-13-10-23-37-24-25(34-16-35-26(24)43-23)33-15-20-18(30)6-5-11-32-20/h5-8,11,14,16,31H,9-10,12-13,15H2,1-4H3,(H,33,34,35). The van der Waals surface area contributed by atoms with Gasteiger partial charge in [0.1, 0.15) is 33.9 Å². The summed E-state index contributed by atoms with van der Waals surface area (Å²) in [6.07, 6.45) is 3.52. The Morgan fingerprint density at radius 2 is 1.88 bits per heavy atom. The van der Waals surface area contributed by atoms with Gasteiger partial charge in [0.15, 0.2) is 5.82 Å². The Hall–Kier alpha value is -4.56. The molecule has 0 saturated heterocycles. The number of hydrogen-bond acceptors (Lipinski definition) is 12. The third-order valence-electron chi connectivity index (χ3n) is 6.26. The number of nitrogens with zero attached hydrogens (tertiary/aromatic N) is 6. The van der Waals surface area contributed by atoms with E-state index < -0.39 is 23.5 Å². The maximum absolute atomic E-state index is 14.0. The van der Waals surface area contributed by atoms with Crippen molar-refractivity contribution in [3.05, 3.63) is 70.8 Å². The summed E-state index contributed by atoms with van der Waals surface area (Å²) in [5.74, 6) is 0.150. The minimum absolute atomic E-state index is 0.172. The molecule has 0 aliphatic rings. The number of aromatic nitrogens is 6. The van der Waals surface area contributed by atoms with Gasteiger partial charge >= 0.3 is 12.1 Å². The number of hydrogen-bond donors (Lipinski definition) is 2. The fraction of sp³-hybridized carbons (Fsp3) is 0.345. The molecule has 12 nitrogen and oxygen atoms in total. The van der Waals surface area contributed by atoms with Crippen molar-refractivity contribution in [2.75, 3.05) is 25.5 Å². The summed E-state index contributed by atoms with van der Waals surface area (Å²) in [6.45, 7) is 6.72. The Kier molecular flexibility index (Phi) is 8.87. The van der Waals surface area contributed by atoms with Crippen LogP contribution in [0.2, 0.25) is 0 Å². The SMILES string of the molecule is COC(=O)c1ccc2c(c1)nc(CCNCCc1nc3c(NCc4ncccc4F)ncnc3s1)n2C(=O)OC(C)(C)C. The Bertz CT molecular complexity index is 1780. The van der Waals surface area contributed by atoms with Crippen molar-refractivity contribution in [2.45, 2.75) is 45.8 Å². The molecular weight excluding hydrogens is 575 g/mol. The van der Waals surface area contributed by atoms with Crippen LogP contribution in [-0.4, -0.2) is 67.3 Å². The molecule has 0 amide bonds. The highest BCUT2D eigenvalue weighted by molar-refractivity contribution is 7.18. The molecule has 224 valence electrons. The molecule has 4 aromatic heterocycles. The van der Waals surface area contributed by atoms with Crippen LogP contribution in [0.5, 0.6) is 0 Å². The van der Waals surface area contributed by atoms with Gasteiger partial charge in [-0.15, -0.1) is 0 Å². The number of nitrogens with one attached hydrogen (secondary N) is 2. The van der Waals surface area contributed by atoms with Crippen LogP contribution in [0.3, 0.4) is 0 Å². The van der Waals surface area contributed by atoms with Crippen molar-refractivity contribution in [1.82, 2.24) is 34.8 Å². The fourth-order valence-corrected chi connectivity index (χ4v) is 5.23. The lowest BCUT2D eigenvalue weighted by molar-refractivity contribution is 0.0538. The van der Waals surface area contributed by atoms with Crippen molar-refractivity contribution in [3.63, 3.8) is 0 Å². The molecule has 1 aromatic carbocycles. The molecule has 0 atom stereocenters. The average Bonchev–Trinajstić information content (AvgIpc) is 3.56. The molecule has 0 fully saturated rings. The number of carbonyl (C=O) groups is 2. The predicted octanol–water partition coefficient (Wildman–Crippen LogP) is 4.53. The lowest BCUT2D eigenvalue weighted by Crippen LogP contribution is -2.29. The molecular formula is C29H31FN8O4S. The third-order valence-corrected chi connectivity index (χ3v) is 7.28. The largest absolute Gasteiger partial charge is 0.465 e. The molecule has 0 bridgehead atoms. The maximum Gasteiger partial charge on any atom is 0.420 e. The van der Waals surface area contributed by atoms with Crippen molar-refractivity contribution < 1.29 is 23.5 Å². The minimum atomic E-state index is -0.694. The number of thiazole rings is 1. The molecule has 5 rings (SSSR count). The Morgan fingerprint density at radius 1 is 1.07 bits per heavy atom. The van der Waals surface area contributed by atoms with Gasteiger partial charge in [0, 0.05) is 32.1 Å². The minimum Gasteiger partial charge on any atom is -0.465 e. The van der Waals surface area contributed by atoms with Crippen LogP contribution in [0.1, 0.15) is 47.7 Å². The number of halogens is 1. The van der Waals surface area contributed by atoms with E-state index in [4.69, 9.17) is 14.5 Å². The summed E-state index contributed by atoms with van der Waals surface area (Å²) < 4.78 is 25.9. The van der Waals surface area contributed by atoms with Crippen LogP contribution in [0, 0.1) is 5.82 Å². The number of anilines is 1. The van der Waals surface area contributed by atoms with Gasteiger partial charge in [-0.1, -0.05) is 11.3 Å². The highest BCUT2D eigenvalue weighted by Gasteiger charge is 2.24. The van der Waals surface area contributed by atoms with E-state index in [0.29, 0.717) is 59.7 Å². The van der Waals surface area contributed by atoms with Gasteiger partial charge in [-0.2, -0.15) is 0 Å². The van der Waals surface area contributed by atoms with Crippen molar-refractivity contribution in [2.24, 2.45) is 0 Å². The number of methoxy groups -OCH3 is 1. The lowest BCUT2D eigenvalue weighted by Gasteiger charge is -2.20. The summed E-state index contributed by atoms with van der Waals surface area (Å²) in [5, 5.41) is 7.35. The zero-order chi connectivity index (χ0) is 30.6. The van der Waals surface area contributed by atoms with Gasteiger partial charge in [0.2, 0.25) is 0 Å². The number of esters is 1. The lowest BCUT2D eigenvalue weighted by atomic mass is 10.2. The molecule has 0 spiro atoms. The summed E-state index contributed by atoms with van der Waals surface area (Å²) in [5.41, 5.74) is 1.60. The van der Waals surface area contributed by atoms with Gasteiger partial charge in [0.05, 0.1) is 41.0 Å². The Labute approximate surface area is 250 Å². The first-order valence-electron chi connectivity index (χ1n) is 13.6. The highest BCUT2D eigenvalue weighted by atomic mass is 32.1. The van der Waals surface area contributed by atoms with Gasteiger partial charge in [-0.25, -0.2) is 38.5 Å². The first-order valence-corrected chi connectivity index (χ1v) is 14.4. The molecule has 0 unspecified atom stereocenters. The van der Waals surface area contributed by atoms with Crippen LogP contribution in [0.15, 0.2) is 42.9 Å². The van der Waals surface area contributed by atoms with Crippen molar-refractivity contribution >= 4 is 50.6 Å². The van der Waals surface area contributed by atoms with Crippen LogP contribution in [0.25, 0.3) is 21.4 Å². The molecule has 14 heteroatoms. The third kappa shape index (κ3) is 7.09. The second-order valence-corrected chi connectivity index (χ2v) is 11.6. The number of ether oxygens (including phenoxy) is 2. The van der Waals surface area contributed by atoms with E-state index in [1.807, 2.05) is 0 Å². The summed E-state index contributed by atoms with van der Waals surface area (Å²) in [6, 6.07) is 7.77. The number of imidazole rings is 1.